The van der Waals surface area contributed by atoms with Crippen LogP contribution >= 0.6 is 24.0 Å². The lowest BCUT2D eigenvalue weighted by molar-refractivity contribution is 0.0376. The third-order valence-electron chi connectivity index (χ3n) is 4.23. The monoisotopic (exact) mass is 489 g/mol. The van der Waals surface area contributed by atoms with Crippen molar-refractivity contribution in [2.45, 2.75) is 19.9 Å². The molecule has 1 aromatic carbocycles. The van der Waals surface area contributed by atoms with Crippen LogP contribution in [-0.4, -0.2) is 69.8 Å². The van der Waals surface area contributed by atoms with Gasteiger partial charge in [0.15, 0.2) is 5.96 Å². The van der Waals surface area contributed by atoms with Crippen molar-refractivity contribution in [3.05, 3.63) is 35.4 Å². The number of halogens is 1. The van der Waals surface area contributed by atoms with Crippen molar-refractivity contribution in [2.75, 3.05) is 53.0 Å². The van der Waals surface area contributed by atoms with E-state index >= 15 is 0 Å². The van der Waals surface area contributed by atoms with Crippen LogP contribution in [0.5, 0.6) is 0 Å². The van der Waals surface area contributed by atoms with Gasteiger partial charge in [0.25, 0.3) is 5.91 Å². The summed E-state index contributed by atoms with van der Waals surface area (Å²) >= 11 is 0. The minimum absolute atomic E-state index is 0. The first kappa shape index (κ1) is 23.6. The Labute approximate surface area is 179 Å². The van der Waals surface area contributed by atoms with Crippen LogP contribution in [0.2, 0.25) is 0 Å². The smallest absolute Gasteiger partial charge is 0.251 e. The summed E-state index contributed by atoms with van der Waals surface area (Å²) in [5, 5.41) is 9.29. The van der Waals surface area contributed by atoms with E-state index in [0.717, 1.165) is 63.9 Å². The third kappa shape index (κ3) is 8.89. The fraction of sp³-hybridized carbons (Fsp3) is 0.579. The number of amides is 1. The molecule has 1 aromatic rings. The molecule has 0 spiro atoms. The van der Waals surface area contributed by atoms with E-state index in [1.807, 2.05) is 18.2 Å². The highest BCUT2D eigenvalue weighted by molar-refractivity contribution is 14.0. The average molecular weight is 489 g/mol. The van der Waals surface area contributed by atoms with Gasteiger partial charge in [-0.3, -0.25) is 9.69 Å². The van der Waals surface area contributed by atoms with Gasteiger partial charge < -0.3 is 20.7 Å². The van der Waals surface area contributed by atoms with Crippen LogP contribution in [0, 0.1) is 0 Å². The van der Waals surface area contributed by atoms with Gasteiger partial charge in [-0.05, 0) is 37.6 Å². The van der Waals surface area contributed by atoms with Crippen LogP contribution in [0.15, 0.2) is 29.3 Å². The predicted octanol–water partition coefficient (Wildman–Crippen LogP) is 1.44. The second-order valence-electron chi connectivity index (χ2n) is 6.21. The van der Waals surface area contributed by atoms with Gasteiger partial charge >= 0.3 is 0 Å². The first-order valence-corrected chi connectivity index (χ1v) is 9.36. The Morgan fingerprint density at radius 1 is 1.26 bits per heavy atom. The molecular weight excluding hydrogens is 457 g/mol. The Morgan fingerprint density at radius 2 is 2.04 bits per heavy atom. The topological polar surface area (TPSA) is 78.0 Å². The number of nitrogens with zero attached hydrogens (tertiary/aromatic N) is 2. The average Bonchev–Trinajstić information content (AvgIpc) is 2.69. The van der Waals surface area contributed by atoms with Crippen LogP contribution in [0.1, 0.15) is 29.3 Å². The van der Waals surface area contributed by atoms with E-state index in [9.17, 15) is 4.79 Å². The summed E-state index contributed by atoms with van der Waals surface area (Å²) in [6.45, 7) is 9.07. The highest BCUT2D eigenvalue weighted by Gasteiger charge is 2.09. The molecule has 0 atom stereocenters. The van der Waals surface area contributed by atoms with Gasteiger partial charge in [-0.2, -0.15) is 0 Å². The van der Waals surface area contributed by atoms with Crippen molar-refractivity contribution in [1.29, 1.82) is 0 Å². The second-order valence-corrected chi connectivity index (χ2v) is 6.21. The molecule has 0 saturated carbocycles. The van der Waals surface area contributed by atoms with E-state index in [-0.39, 0.29) is 29.9 Å². The number of benzene rings is 1. The molecule has 0 radical (unpaired) electrons. The first-order chi connectivity index (χ1) is 12.7. The van der Waals surface area contributed by atoms with E-state index in [0.29, 0.717) is 12.1 Å². The van der Waals surface area contributed by atoms with Gasteiger partial charge in [0.05, 0.1) is 19.8 Å². The van der Waals surface area contributed by atoms with Crippen LogP contribution in [0.4, 0.5) is 0 Å². The molecule has 2 rings (SSSR count). The largest absolute Gasteiger partial charge is 0.379 e. The van der Waals surface area contributed by atoms with E-state index in [1.165, 1.54) is 0 Å². The lowest BCUT2D eigenvalue weighted by Gasteiger charge is -2.26. The quantitative estimate of drug-likeness (QED) is 0.223. The van der Waals surface area contributed by atoms with Crippen molar-refractivity contribution < 1.29 is 9.53 Å². The van der Waals surface area contributed by atoms with E-state index in [1.54, 1.807) is 13.1 Å². The number of ether oxygens (including phenoxy) is 1. The summed E-state index contributed by atoms with van der Waals surface area (Å²) in [4.78, 5) is 18.8. The van der Waals surface area contributed by atoms with Gasteiger partial charge in [0.1, 0.15) is 0 Å². The summed E-state index contributed by atoms with van der Waals surface area (Å²) in [5.41, 5.74) is 1.67. The Morgan fingerprint density at radius 3 is 2.74 bits per heavy atom. The van der Waals surface area contributed by atoms with Crippen molar-refractivity contribution in [2.24, 2.45) is 4.99 Å². The van der Waals surface area contributed by atoms with Gasteiger partial charge in [-0.1, -0.05) is 12.1 Å². The molecule has 1 fully saturated rings. The fourth-order valence-electron chi connectivity index (χ4n) is 2.80. The number of nitrogens with one attached hydrogen (secondary N) is 3. The van der Waals surface area contributed by atoms with Gasteiger partial charge in [0.2, 0.25) is 0 Å². The Hall–Kier alpha value is -1.39. The second kappa shape index (κ2) is 13.7. The number of guanidine groups is 1. The summed E-state index contributed by atoms with van der Waals surface area (Å²) in [6.07, 6.45) is 1.07. The zero-order valence-corrected chi connectivity index (χ0v) is 18.6. The molecule has 8 heteroatoms. The Kier molecular flexibility index (Phi) is 12.0. The number of carbonyl (C=O) groups excluding carboxylic acids is 1. The number of aliphatic imine (C=N–C) groups is 1. The molecule has 1 aliphatic heterocycles. The van der Waals surface area contributed by atoms with E-state index in [2.05, 4.69) is 32.8 Å². The standard InChI is InChI=1S/C19H31N5O2.HI/c1-3-21-19(22-8-5-9-24-10-12-26-13-11-24)23-15-16-6-4-7-17(14-16)18(25)20-2;/h4,6-7,14H,3,5,8-13,15H2,1-2H3,(H,20,25)(H2,21,22,23);1H. The Bertz CT molecular complexity index is 591. The van der Waals surface area contributed by atoms with Crippen LogP contribution in [0.3, 0.4) is 0 Å². The predicted molar refractivity (Wildman–Crippen MR) is 120 cm³/mol. The summed E-state index contributed by atoms with van der Waals surface area (Å²) in [5.74, 6) is 0.726. The van der Waals surface area contributed by atoms with Crippen molar-refractivity contribution >= 4 is 35.8 Å². The van der Waals surface area contributed by atoms with E-state index in [4.69, 9.17) is 4.74 Å². The molecule has 1 aliphatic rings. The minimum atomic E-state index is -0.0797. The van der Waals surface area contributed by atoms with Crippen molar-refractivity contribution in [1.82, 2.24) is 20.9 Å². The number of hydrogen-bond donors (Lipinski definition) is 3. The van der Waals surface area contributed by atoms with Crippen LogP contribution in [0.25, 0.3) is 0 Å². The molecule has 1 saturated heterocycles. The van der Waals surface area contributed by atoms with E-state index < -0.39 is 0 Å². The molecule has 1 heterocycles. The van der Waals surface area contributed by atoms with Gasteiger partial charge in [-0.15, -0.1) is 24.0 Å². The summed E-state index contributed by atoms with van der Waals surface area (Å²) < 4.78 is 5.37. The van der Waals surface area contributed by atoms with Crippen LogP contribution in [-0.2, 0) is 11.3 Å². The number of hydrogen-bond acceptors (Lipinski definition) is 4. The van der Waals surface area contributed by atoms with Crippen molar-refractivity contribution in [3.8, 4) is 0 Å². The maximum atomic E-state index is 11.7. The minimum Gasteiger partial charge on any atom is -0.379 e. The summed E-state index contributed by atoms with van der Waals surface area (Å²) in [7, 11) is 1.64. The fourth-order valence-corrected chi connectivity index (χ4v) is 2.80. The molecular formula is C19H32IN5O2. The zero-order chi connectivity index (χ0) is 18.6. The Balaban J connectivity index is 0.00000364. The molecule has 0 bridgehead atoms. The molecule has 27 heavy (non-hydrogen) atoms. The SMILES string of the molecule is CCNC(=NCc1cccc(C(=O)NC)c1)NCCCN1CCOCC1.I. The third-order valence-corrected chi connectivity index (χ3v) is 4.23. The van der Waals surface area contributed by atoms with Crippen LogP contribution < -0.4 is 16.0 Å². The highest BCUT2D eigenvalue weighted by atomic mass is 127. The maximum absolute atomic E-state index is 11.7. The molecule has 0 aliphatic carbocycles. The first-order valence-electron chi connectivity index (χ1n) is 9.36. The number of carbonyl (C=O) groups is 1. The lowest BCUT2D eigenvalue weighted by Crippen LogP contribution is -2.40. The molecule has 7 nitrogen and oxygen atoms in total. The van der Waals surface area contributed by atoms with Gasteiger partial charge in [0, 0.05) is 38.8 Å². The molecule has 1 amide bonds. The van der Waals surface area contributed by atoms with Gasteiger partial charge in [-0.25, -0.2) is 4.99 Å². The molecule has 152 valence electrons. The normalized spacial score (nSPS) is 15.0. The number of rotatable bonds is 8. The zero-order valence-electron chi connectivity index (χ0n) is 16.3. The highest BCUT2D eigenvalue weighted by Crippen LogP contribution is 2.06. The lowest BCUT2D eigenvalue weighted by atomic mass is 10.1. The molecule has 0 unspecified atom stereocenters. The summed E-state index contributed by atoms with van der Waals surface area (Å²) in [6, 6.07) is 7.56. The molecule has 3 N–H and O–H groups in total. The maximum Gasteiger partial charge on any atom is 0.251 e. The number of morpholine rings is 1. The van der Waals surface area contributed by atoms with Crippen molar-refractivity contribution in [3.63, 3.8) is 0 Å². The molecule has 0 aromatic heterocycles.